The zero-order chi connectivity index (χ0) is 19.2. The predicted molar refractivity (Wildman–Crippen MR) is 106 cm³/mol. The van der Waals surface area contributed by atoms with E-state index in [9.17, 15) is 4.79 Å². The Bertz CT molecular complexity index is 760. The maximum atomic E-state index is 12.4. The maximum absolute atomic E-state index is 12.4. The van der Waals surface area contributed by atoms with E-state index >= 15 is 0 Å². The second-order valence-electron chi connectivity index (χ2n) is 7.06. The Morgan fingerprint density at radius 2 is 2.00 bits per heavy atom. The summed E-state index contributed by atoms with van der Waals surface area (Å²) in [6.45, 7) is 3.36. The number of benzene rings is 2. The molecule has 27 heavy (non-hydrogen) atoms. The fourth-order valence-electron chi connectivity index (χ4n) is 3.53. The summed E-state index contributed by atoms with van der Waals surface area (Å²) >= 11 is 0. The summed E-state index contributed by atoms with van der Waals surface area (Å²) in [6, 6.07) is 16.5. The molecular formula is C22H28N2O3. The summed E-state index contributed by atoms with van der Waals surface area (Å²) in [6.07, 6.45) is 1.85. The molecule has 1 aliphatic rings. The minimum absolute atomic E-state index is 0.0410. The van der Waals surface area contributed by atoms with Gasteiger partial charge in [0.25, 0.3) is 0 Å². The fraction of sp³-hybridized carbons (Fsp3) is 0.409. The number of cyclic esters (lactones) is 1. The van der Waals surface area contributed by atoms with E-state index in [1.807, 2.05) is 19.1 Å². The van der Waals surface area contributed by atoms with Gasteiger partial charge in [-0.2, -0.15) is 0 Å². The highest BCUT2D eigenvalue weighted by Crippen LogP contribution is 2.28. The minimum Gasteiger partial charge on any atom is -0.446 e. The lowest BCUT2D eigenvalue weighted by Gasteiger charge is -2.35. The smallest absolute Gasteiger partial charge is 0.410 e. The first-order valence-corrected chi connectivity index (χ1v) is 9.60. The Morgan fingerprint density at radius 3 is 2.67 bits per heavy atom. The number of ether oxygens (including phenoxy) is 1. The van der Waals surface area contributed by atoms with Crippen LogP contribution in [0.2, 0.25) is 0 Å². The van der Waals surface area contributed by atoms with E-state index in [4.69, 9.17) is 15.6 Å². The molecule has 1 saturated heterocycles. The van der Waals surface area contributed by atoms with E-state index in [-0.39, 0.29) is 24.8 Å². The van der Waals surface area contributed by atoms with Gasteiger partial charge in [-0.25, -0.2) is 4.79 Å². The van der Waals surface area contributed by atoms with Gasteiger partial charge in [0, 0.05) is 26.1 Å². The van der Waals surface area contributed by atoms with Gasteiger partial charge in [-0.1, -0.05) is 42.5 Å². The molecule has 2 aromatic rings. The SMILES string of the molecule is CC(c1ccc(-c2cccc(CN)c2)cc1)N1CCC(CCCO)OC1=O. The van der Waals surface area contributed by atoms with E-state index in [2.05, 4.69) is 36.4 Å². The Labute approximate surface area is 160 Å². The normalized spacial score (nSPS) is 18.3. The predicted octanol–water partition coefficient (Wildman–Crippen LogP) is 3.86. The number of rotatable bonds is 7. The fourth-order valence-corrected chi connectivity index (χ4v) is 3.53. The van der Waals surface area contributed by atoms with Crippen molar-refractivity contribution in [2.24, 2.45) is 5.73 Å². The number of nitrogens with zero attached hydrogens (tertiary/aromatic N) is 1. The first-order chi connectivity index (χ1) is 13.1. The van der Waals surface area contributed by atoms with Crippen LogP contribution in [0, 0.1) is 0 Å². The molecule has 2 unspecified atom stereocenters. The average Bonchev–Trinajstić information content (AvgIpc) is 2.72. The standard InChI is InChI=1S/C22H28N2O3/c1-16(24-12-11-21(6-3-13-25)27-22(24)26)18-7-9-19(10-8-18)20-5-2-4-17(14-20)15-23/h2,4-5,7-10,14,16,21,25H,3,6,11-13,15,23H2,1H3. The van der Waals surface area contributed by atoms with Crippen LogP contribution in [-0.2, 0) is 11.3 Å². The van der Waals surface area contributed by atoms with Gasteiger partial charge in [-0.3, -0.25) is 0 Å². The summed E-state index contributed by atoms with van der Waals surface area (Å²) in [5, 5.41) is 8.93. The summed E-state index contributed by atoms with van der Waals surface area (Å²) in [5.41, 5.74) is 10.2. The van der Waals surface area contributed by atoms with Crippen LogP contribution in [0.4, 0.5) is 4.79 Å². The Morgan fingerprint density at radius 1 is 1.22 bits per heavy atom. The first-order valence-electron chi connectivity index (χ1n) is 9.60. The Balaban J connectivity index is 1.67. The van der Waals surface area contributed by atoms with E-state index in [1.165, 1.54) is 0 Å². The van der Waals surface area contributed by atoms with Crippen LogP contribution in [0.1, 0.15) is 43.4 Å². The highest BCUT2D eigenvalue weighted by Gasteiger charge is 2.30. The van der Waals surface area contributed by atoms with Crippen molar-refractivity contribution in [1.82, 2.24) is 4.90 Å². The topological polar surface area (TPSA) is 75.8 Å². The minimum atomic E-state index is -0.267. The molecule has 1 heterocycles. The van der Waals surface area contributed by atoms with E-state index < -0.39 is 0 Å². The number of nitrogens with two attached hydrogens (primary N) is 1. The second-order valence-corrected chi connectivity index (χ2v) is 7.06. The number of aliphatic hydroxyl groups excluding tert-OH is 1. The van der Waals surface area contributed by atoms with Gasteiger partial charge in [0.1, 0.15) is 6.10 Å². The van der Waals surface area contributed by atoms with Crippen LogP contribution in [0.15, 0.2) is 48.5 Å². The average molecular weight is 368 g/mol. The number of hydrogen-bond donors (Lipinski definition) is 2. The number of carbonyl (C=O) groups is 1. The summed E-state index contributed by atoms with van der Waals surface area (Å²) in [7, 11) is 0. The van der Waals surface area contributed by atoms with Crippen molar-refractivity contribution < 1.29 is 14.6 Å². The zero-order valence-electron chi connectivity index (χ0n) is 15.8. The number of carbonyl (C=O) groups excluding carboxylic acids is 1. The lowest BCUT2D eigenvalue weighted by Crippen LogP contribution is -2.43. The molecule has 1 aliphatic heterocycles. The van der Waals surface area contributed by atoms with Crippen molar-refractivity contribution in [2.45, 2.75) is 44.9 Å². The summed E-state index contributed by atoms with van der Waals surface area (Å²) < 4.78 is 5.53. The highest BCUT2D eigenvalue weighted by molar-refractivity contribution is 5.69. The largest absolute Gasteiger partial charge is 0.446 e. The summed E-state index contributed by atoms with van der Waals surface area (Å²) in [5.74, 6) is 0. The second kappa shape index (κ2) is 9.02. The molecule has 0 spiro atoms. The van der Waals surface area contributed by atoms with Crippen molar-refractivity contribution in [1.29, 1.82) is 0 Å². The lowest BCUT2D eigenvalue weighted by atomic mass is 9.99. The highest BCUT2D eigenvalue weighted by atomic mass is 16.6. The molecule has 0 aliphatic carbocycles. The van der Waals surface area contributed by atoms with Gasteiger partial charge < -0.3 is 20.5 Å². The van der Waals surface area contributed by atoms with Crippen molar-refractivity contribution in [2.75, 3.05) is 13.2 Å². The third-order valence-electron chi connectivity index (χ3n) is 5.23. The van der Waals surface area contributed by atoms with Gasteiger partial charge >= 0.3 is 6.09 Å². The molecule has 5 nitrogen and oxygen atoms in total. The van der Waals surface area contributed by atoms with E-state index in [1.54, 1.807) is 4.90 Å². The third kappa shape index (κ3) is 4.67. The molecule has 3 N–H and O–H groups in total. The first kappa shape index (κ1) is 19.4. The molecule has 0 bridgehead atoms. The molecular weight excluding hydrogens is 340 g/mol. The molecule has 0 aromatic heterocycles. The van der Waals surface area contributed by atoms with Gasteiger partial charge in [0.2, 0.25) is 0 Å². The Hall–Kier alpha value is -2.37. The van der Waals surface area contributed by atoms with Crippen molar-refractivity contribution in [3.05, 3.63) is 59.7 Å². The Kier molecular flexibility index (Phi) is 6.48. The van der Waals surface area contributed by atoms with Crippen LogP contribution >= 0.6 is 0 Å². The van der Waals surface area contributed by atoms with Crippen LogP contribution in [0.5, 0.6) is 0 Å². The van der Waals surface area contributed by atoms with Gasteiger partial charge in [0.15, 0.2) is 0 Å². The molecule has 0 saturated carbocycles. The van der Waals surface area contributed by atoms with Crippen LogP contribution < -0.4 is 5.73 Å². The quantitative estimate of drug-likeness (QED) is 0.778. The number of amides is 1. The molecule has 2 atom stereocenters. The zero-order valence-corrected chi connectivity index (χ0v) is 15.8. The van der Waals surface area contributed by atoms with Crippen LogP contribution in [-0.4, -0.2) is 35.4 Å². The molecule has 1 fully saturated rings. The third-order valence-corrected chi connectivity index (χ3v) is 5.23. The van der Waals surface area contributed by atoms with E-state index in [0.29, 0.717) is 19.5 Å². The van der Waals surface area contributed by atoms with Crippen LogP contribution in [0.25, 0.3) is 11.1 Å². The number of aliphatic hydroxyl groups is 1. The molecule has 2 aromatic carbocycles. The van der Waals surface area contributed by atoms with Crippen molar-refractivity contribution in [3.63, 3.8) is 0 Å². The molecule has 144 valence electrons. The monoisotopic (exact) mass is 368 g/mol. The number of hydrogen-bond acceptors (Lipinski definition) is 4. The molecule has 5 heteroatoms. The maximum Gasteiger partial charge on any atom is 0.410 e. The van der Waals surface area contributed by atoms with Gasteiger partial charge in [-0.05, 0) is 48.1 Å². The molecule has 0 radical (unpaired) electrons. The van der Waals surface area contributed by atoms with Crippen LogP contribution in [0.3, 0.4) is 0 Å². The van der Waals surface area contributed by atoms with Crippen molar-refractivity contribution >= 4 is 6.09 Å². The molecule has 3 rings (SSSR count). The van der Waals surface area contributed by atoms with Gasteiger partial charge in [-0.15, -0.1) is 0 Å². The van der Waals surface area contributed by atoms with E-state index in [0.717, 1.165) is 35.1 Å². The lowest BCUT2D eigenvalue weighted by molar-refractivity contribution is 0.00760. The summed E-state index contributed by atoms with van der Waals surface area (Å²) in [4.78, 5) is 14.1. The van der Waals surface area contributed by atoms with Crippen molar-refractivity contribution in [3.8, 4) is 11.1 Å². The molecule has 1 amide bonds. The van der Waals surface area contributed by atoms with Gasteiger partial charge in [0.05, 0.1) is 6.04 Å².